The van der Waals surface area contributed by atoms with Gasteiger partial charge in [-0.05, 0) is 29.8 Å². The minimum Gasteiger partial charge on any atom is -0.463 e. The smallest absolute Gasteiger partial charge is 0.377 e. The van der Waals surface area contributed by atoms with E-state index in [9.17, 15) is 19.2 Å². The van der Waals surface area contributed by atoms with Crippen molar-refractivity contribution in [3.05, 3.63) is 108 Å². The molecular formula is C28H24O9. The number of esters is 3. The van der Waals surface area contributed by atoms with Crippen LogP contribution >= 0.6 is 0 Å². The maximum absolute atomic E-state index is 12.9. The summed E-state index contributed by atoms with van der Waals surface area (Å²) in [5.41, 5.74) is 1.19. The molecule has 1 fully saturated rings. The third-order valence-electron chi connectivity index (χ3n) is 5.58. The van der Waals surface area contributed by atoms with E-state index < -0.39 is 48.3 Å². The highest BCUT2D eigenvalue weighted by Gasteiger charge is 2.55. The highest BCUT2D eigenvalue weighted by atomic mass is 16.7. The first-order chi connectivity index (χ1) is 18.0. The Kier molecular flexibility index (Phi) is 8.40. The molecule has 0 spiro atoms. The maximum atomic E-state index is 12.9. The minimum absolute atomic E-state index is 0.0311. The molecule has 9 nitrogen and oxygen atoms in total. The van der Waals surface area contributed by atoms with Gasteiger partial charge in [0.1, 0.15) is 0 Å². The van der Waals surface area contributed by atoms with Gasteiger partial charge in [0.05, 0.1) is 24.8 Å². The van der Waals surface area contributed by atoms with E-state index in [0.29, 0.717) is 0 Å². The van der Waals surface area contributed by atoms with E-state index in [-0.39, 0.29) is 17.7 Å². The Bertz CT molecular complexity index is 1230. The summed E-state index contributed by atoms with van der Waals surface area (Å²) in [5.74, 6) is -3.88. The second kappa shape index (κ2) is 12.1. The summed E-state index contributed by atoms with van der Waals surface area (Å²) in [6.07, 6.45) is -5.83. The van der Waals surface area contributed by atoms with Gasteiger partial charge in [-0.1, -0.05) is 66.7 Å². The van der Waals surface area contributed by atoms with Crippen LogP contribution in [0.4, 0.5) is 0 Å². The molecule has 37 heavy (non-hydrogen) atoms. The van der Waals surface area contributed by atoms with Crippen molar-refractivity contribution in [3.63, 3.8) is 0 Å². The number of rotatable bonds is 9. The Morgan fingerprint density at radius 1 is 0.703 bits per heavy atom. The van der Waals surface area contributed by atoms with Crippen LogP contribution in [0, 0.1) is 0 Å². The molecule has 0 N–H and O–H groups in total. The molecule has 0 aliphatic carbocycles. The number of hydrogen-bond acceptors (Lipinski definition) is 9. The number of carbonyl (C=O) groups is 4. The van der Waals surface area contributed by atoms with Gasteiger partial charge in [0.25, 0.3) is 5.78 Å². The first-order valence-corrected chi connectivity index (χ1v) is 11.4. The quantitative estimate of drug-likeness (QED) is 0.246. The van der Waals surface area contributed by atoms with E-state index in [2.05, 4.69) is 4.74 Å². The lowest BCUT2D eigenvalue weighted by molar-refractivity contribution is -0.180. The second-order valence-corrected chi connectivity index (χ2v) is 8.05. The predicted octanol–water partition coefficient (Wildman–Crippen LogP) is 3.12. The molecule has 3 aromatic carbocycles. The topological polar surface area (TPSA) is 114 Å². The van der Waals surface area contributed by atoms with Crippen LogP contribution in [0.3, 0.4) is 0 Å². The van der Waals surface area contributed by atoms with Crippen molar-refractivity contribution in [1.29, 1.82) is 0 Å². The molecule has 0 unspecified atom stereocenters. The number of methoxy groups -OCH3 is 1. The van der Waals surface area contributed by atoms with Gasteiger partial charge in [-0.15, -0.1) is 0 Å². The summed E-state index contributed by atoms with van der Waals surface area (Å²) in [5, 5.41) is 0. The van der Waals surface area contributed by atoms with E-state index in [1.807, 2.05) is 30.3 Å². The molecule has 1 aliphatic heterocycles. The fraction of sp³-hybridized carbons (Fsp3) is 0.214. The van der Waals surface area contributed by atoms with Crippen molar-refractivity contribution < 1.29 is 42.9 Å². The molecule has 4 atom stereocenters. The van der Waals surface area contributed by atoms with Crippen molar-refractivity contribution in [1.82, 2.24) is 0 Å². The van der Waals surface area contributed by atoms with Gasteiger partial charge < -0.3 is 23.7 Å². The van der Waals surface area contributed by atoms with Gasteiger partial charge in [0.15, 0.2) is 24.6 Å². The van der Waals surface area contributed by atoms with Crippen molar-refractivity contribution in [3.8, 4) is 0 Å². The Hall–Kier alpha value is -4.34. The number of Topliss-reactive ketones (excluding diaryl/α,β-unsaturated/α-hetero) is 1. The van der Waals surface area contributed by atoms with Crippen LogP contribution in [-0.2, 0) is 39.9 Å². The Morgan fingerprint density at radius 3 is 1.70 bits per heavy atom. The van der Waals surface area contributed by atoms with Crippen LogP contribution in [0.1, 0.15) is 26.3 Å². The van der Waals surface area contributed by atoms with E-state index >= 15 is 0 Å². The van der Waals surface area contributed by atoms with Gasteiger partial charge in [-0.2, -0.15) is 0 Å². The van der Waals surface area contributed by atoms with Gasteiger partial charge in [0.2, 0.25) is 0 Å². The van der Waals surface area contributed by atoms with Crippen LogP contribution in [0.15, 0.2) is 91.0 Å². The molecule has 1 saturated heterocycles. The monoisotopic (exact) mass is 504 g/mol. The molecule has 1 heterocycles. The first-order valence-electron chi connectivity index (χ1n) is 11.4. The summed E-state index contributed by atoms with van der Waals surface area (Å²) >= 11 is 0. The number of carbonyl (C=O) groups excluding carboxylic acids is 4. The lowest BCUT2D eigenvalue weighted by Crippen LogP contribution is -2.45. The Labute approximate surface area is 212 Å². The SMILES string of the molecule is COC(=O)C(=O)[C@H]1O[C@@H](OCc2ccccc2)[C@H](OC(=O)c2ccccc2)[C@H]1OC(=O)c1ccccc1. The molecular weight excluding hydrogens is 480 g/mol. The molecule has 0 bridgehead atoms. The van der Waals surface area contributed by atoms with Crippen LogP contribution < -0.4 is 0 Å². The third kappa shape index (κ3) is 6.27. The van der Waals surface area contributed by atoms with Crippen molar-refractivity contribution in [2.75, 3.05) is 7.11 Å². The van der Waals surface area contributed by atoms with Crippen molar-refractivity contribution >= 4 is 23.7 Å². The van der Waals surface area contributed by atoms with E-state index in [4.69, 9.17) is 18.9 Å². The summed E-state index contributed by atoms with van der Waals surface area (Å²) < 4.78 is 27.4. The van der Waals surface area contributed by atoms with Gasteiger partial charge in [0, 0.05) is 0 Å². The van der Waals surface area contributed by atoms with Crippen molar-refractivity contribution in [2.45, 2.75) is 31.2 Å². The molecule has 0 aromatic heterocycles. The lowest BCUT2D eigenvalue weighted by Gasteiger charge is -2.24. The van der Waals surface area contributed by atoms with Crippen LogP contribution in [-0.4, -0.2) is 55.4 Å². The molecule has 9 heteroatoms. The largest absolute Gasteiger partial charge is 0.463 e. The molecule has 3 aromatic rings. The van der Waals surface area contributed by atoms with E-state index in [1.165, 1.54) is 12.1 Å². The fourth-order valence-electron chi connectivity index (χ4n) is 3.72. The Balaban J connectivity index is 1.65. The first kappa shape index (κ1) is 25.7. The van der Waals surface area contributed by atoms with E-state index in [0.717, 1.165) is 12.7 Å². The summed E-state index contributed by atoms with van der Waals surface area (Å²) in [7, 11) is 1.04. The highest BCUT2D eigenvalue weighted by molar-refractivity contribution is 6.35. The maximum Gasteiger partial charge on any atom is 0.377 e. The third-order valence-corrected chi connectivity index (χ3v) is 5.58. The lowest BCUT2D eigenvalue weighted by atomic mass is 10.1. The summed E-state index contributed by atoms with van der Waals surface area (Å²) in [4.78, 5) is 50.8. The van der Waals surface area contributed by atoms with Crippen LogP contribution in [0.25, 0.3) is 0 Å². The molecule has 4 rings (SSSR count). The standard InChI is InChI=1S/C28H24O9/c1-33-27(32)21(29)22-23(35-25(30)19-13-7-3-8-14-19)24(36-26(31)20-15-9-4-10-16-20)28(37-22)34-17-18-11-5-2-6-12-18/h2-16,22-24,28H,17H2,1H3/t22-,23+,24-,28-/m1/s1. The summed E-state index contributed by atoms with van der Waals surface area (Å²) in [6, 6.07) is 25.2. The number of hydrogen-bond donors (Lipinski definition) is 0. The van der Waals surface area contributed by atoms with Crippen LogP contribution in [0.2, 0.25) is 0 Å². The van der Waals surface area contributed by atoms with E-state index in [1.54, 1.807) is 48.5 Å². The molecule has 0 radical (unpaired) electrons. The fourth-order valence-corrected chi connectivity index (χ4v) is 3.72. The minimum atomic E-state index is -1.63. The van der Waals surface area contributed by atoms with Gasteiger partial charge in [-0.3, -0.25) is 4.79 Å². The average Bonchev–Trinajstić information content (AvgIpc) is 3.28. The van der Waals surface area contributed by atoms with Gasteiger partial charge >= 0.3 is 17.9 Å². The highest BCUT2D eigenvalue weighted by Crippen LogP contribution is 2.31. The number of ether oxygens (including phenoxy) is 5. The van der Waals surface area contributed by atoms with Crippen molar-refractivity contribution in [2.24, 2.45) is 0 Å². The predicted molar refractivity (Wildman–Crippen MR) is 128 cm³/mol. The number of ketones is 1. The zero-order valence-corrected chi connectivity index (χ0v) is 19.9. The summed E-state index contributed by atoms with van der Waals surface area (Å²) in [6.45, 7) is 0.0311. The van der Waals surface area contributed by atoms with Crippen LogP contribution in [0.5, 0.6) is 0 Å². The zero-order chi connectivity index (χ0) is 26.2. The average molecular weight is 504 g/mol. The zero-order valence-electron chi connectivity index (χ0n) is 19.9. The molecule has 0 saturated carbocycles. The van der Waals surface area contributed by atoms with Gasteiger partial charge in [-0.25, -0.2) is 14.4 Å². The normalized spacial score (nSPS) is 20.6. The molecule has 1 aliphatic rings. The molecule has 0 amide bonds. The Morgan fingerprint density at radius 2 is 1.19 bits per heavy atom. The second-order valence-electron chi connectivity index (χ2n) is 8.05. The number of benzene rings is 3. The molecule has 190 valence electrons.